The molecule has 1 fully saturated rings. The number of H-pyrrole nitrogens is 1. The van der Waals surface area contributed by atoms with Crippen molar-refractivity contribution in [3.63, 3.8) is 0 Å². The van der Waals surface area contributed by atoms with E-state index in [0.29, 0.717) is 23.8 Å². The Kier molecular flexibility index (Phi) is 5.25. The van der Waals surface area contributed by atoms with Crippen molar-refractivity contribution in [3.8, 4) is 5.75 Å². The average Bonchev–Trinajstić information content (AvgIpc) is 3.01. The summed E-state index contributed by atoms with van der Waals surface area (Å²) in [4.78, 5) is 18.9. The van der Waals surface area contributed by atoms with Gasteiger partial charge in [-0.1, -0.05) is 12.1 Å². The van der Waals surface area contributed by atoms with Crippen LogP contribution in [0.15, 0.2) is 24.3 Å². The molecule has 0 unspecified atom stereocenters. The van der Waals surface area contributed by atoms with Gasteiger partial charge in [0.05, 0.1) is 12.5 Å². The monoisotopic (exact) mass is 350 g/mol. The number of aryl methyl sites for hydroxylation is 1. The van der Waals surface area contributed by atoms with E-state index in [2.05, 4.69) is 19.9 Å². The van der Waals surface area contributed by atoms with Gasteiger partial charge < -0.3 is 9.64 Å². The number of carbonyl (C=O) groups excluding carboxylic acids is 1. The maximum atomic E-state index is 12.8. The van der Waals surface area contributed by atoms with E-state index in [1.54, 1.807) is 17.0 Å². The van der Waals surface area contributed by atoms with Gasteiger partial charge in [0.2, 0.25) is 5.91 Å². The summed E-state index contributed by atoms with van der Waals surface area (Å²) in [7, 11) is 0. The van der Waals surface area contributed by atoms with Crippen LogP contribution in [0.5, 0.6) is 5.75 Å². The highest BCUT2D eigenvalue weighted by atomic mass is 19.3. The Labute approximate surface area is 144 Å². The van der Waals surface area contributed by atoms with Crippen LogP contribution in [0.4, 0.5) is 8.78 Å². The molecule has 3 rings (SSSR count). The molecule has 25 heavy (non-hydrogen) atoms. The van der Waals surface area contributed by atoms with Crippen molar-refractivity contribution in [3.05, 3.63) is 41.5 Å². The number of aromatic nitrogens is 3. The molecule has 134 valence electrons. The maximum absolute atomic E-state index is 12.8. The zero-order valence-corrected chi connectivity index (χ0v) is 13.9. The van der Waals surface area contributed by atoms with Crippen LogP contribution in [-0.4, -0.2) is 39.1 Å². The first-order chi connectivity index (χ1) is 12.0. The minimum Gasteiger partial charge on any atom is -0.435 e. The molecule has 2 aromatic rings. The summed E-state index contributed by atoms with van der Waals surface area (Å²) >= 11 is 0. The molecule has 1 amide bonds. The zero-order chi connectivity index (χ0) is 17.8. The summed E-state index contributed by atoms with van der Waals surface area (Å²) in [5.74, 6) is 1.33. The number of hydrogen-bond acceptors (Lipinski definition) is 4. The second-order valence-electron chi connectivity index (χ2n) is 6.08. The molecule has 1 saturated heterocycles. The van der Waals surface area contributed by atoms with Gasteiger partial charge in [-0.3, -0.25) is 9.89 Å². The molecular weight excluding hydrogens is 330 g/mol. The van der Waals surface area contributed by atoms with Gasteiger partial charge in [0.25, 0.3) is 0 Å². The fourth-order valence-electron chi connectivity index (χ4n) is 3.12. The predicted octanol–water partition coefficient (Wildman–Crippen LogP) is 3.01. The van der Waals surface area contributed by atoms with Crippen molar-refractivity contribution in [2.75, 3.05) is 6.54 Å². The van der Waals surface area contributed by atoms with Crippen LogP contribution in [0, 0.1) is 6.92 Å². The van der Waals surface area contributed by atoms with Crippen molar-refractivity contribution >= 4 is 5.91 Å². The normalized spacial score (nSPS) is 17.8. The van der Waals surface area contributed by atoms with Crippen molar-refractivity contribution in [2.45, 2.75) is 45.3 Å². The first-order valence-corrected chi connectivity index (χ1v) is 8.25. The molecule has 1 aliphatic heterocycles. The molecule has 0 spiro atoms. The average molecular weight is 350 g/mol. The minimum absolute atomic E-state index is 0.0556. The molecule has 0 bridgehead atoms. The van der Waals surface area contributed by atoms with Crippen LogP contribution in [0.2, 0.25) is 0 Å². The summed E-state index contributed by atoms with van der Waals surface area (Å²) in [6.07, 6.45) is 2.89. The predicted molar refractivity (Wildman–Crippen MR) is 86.2 cm³/mol. The van der Waals surface area contributed by atoms with Gasteiger partial charge in [-0.25, -0.2) is 4.98 Å². The van der Waals surface area contributed by atoms with Gasteiger partial charge in [0.1, 0.15) is 11.6 Å². The van der Waals surface area contributed by atoms with Crippen LogP contribution in [-0.2, 0) is 11.2 Å². The van der Waals surface area contributed by atoms with Gasteiger partial charge in [0.15, 0.2) is 5.82 Å². The summed E-state index contributed by atoms with van der Waals surface area (Å²) in [6, 6.07) is 6.10. The summed E-state index contributed by atoms with van der Waals surface area (Å²) in [6.45, 7) is -0.420. The highest BCUT2D eigenvalue weighted by Gasteiger charge is 2.30. The third kappa shape index (κ3) is 4.32. The Balaban J connectivity index is 1.72. The molecule has 0 aliphatic carbocycles. The number of rotatable bonds is 5. The number of benzene rings is 1. The number of ether oxygens (including phenoxy) is 1. The van der Waals surface area contributed by atoms with Crippen molar-refractivity contribution in [1.82, 2.24) is 20.1 Å². The van der Waals surface area contributed by atoms with Gasteiger partial charge in [-0.2, -0.15) is 13.9 Å². The van der Waals surface area contributed by atoms with E-state index in [9.17, 15) is 13.6 Å². The van der Waals surface area contributed by atoms with E-state index in [-0.39, 0.29) is 24.1 Å². The van der Waals surface area contributed by atoms with E-state index >= 15 is 0 Å². The van der Waals surface area contributed by atoms with Gasteiger partial charge in [-0.05, 0) is 43.9 Å². The lowest BCUT2D eigenvalue weighted by Crippen LogP contribution is -2.39. The molecule has 2 heterocycles. The largest absolute Gasteiger partial charge is 0.435 e. The van der Waals surface area contributed by atoms with E-state index in [0.717, 1.165) is 19.3 Å². The lowest BCUT2D eigenvalue weighted by atomic mass is 10.00. The lowest BCUT2D eigenvalue weighted by molar-refractivity contribution is -0.134. The van der Waals surface area contributed by atoms with E-state index in [1.807, 2.05) is 6.92 Å². The van der Waals surface area contributed by atoms with Crippen LogP contribution in [0.1, 0.15) is 42.5 Å². The number of alkyl halides is 2. The number of aromatic amines is 1. The second-order valence-corrected chi connectivity index (χ2v) is 6.08. The smallest absolute Gasteiger partial charge is 0.387 e. The topological polar surface area (TPSA) is 71.1 Å². The zero-order valence-electron chi connectivity index (χ0n) is 13.9. The fraction of sp³-hybridized carbons (Fsp3) is 0.471. The van der Waals surface area contributed by atoms with Crippen LogP contribution in [0.3, 0.4) is 0 Å². The first kappa shape index (κ1) is 17.3. The quantitative estimate of drug-likeness (QED) is 0.900. The van der Waals surface area contributed by atoms with E-state index < -0.39 is 6.61 Å². The lowest BCUT2D eigenvalue weighted by Gasteiger charge is -2.34. The molecule has 1 aromatic carbocycles. The Bertz CT molecular complexity index is 735. The second kappa shape index (κ2) is 7.58. The molecule has 1 N–H and O–H groups in total. The van der Waals surface area contributed by atoms with E-state index in [4.69, 9.17) is 0 Å². The van der Waals surface area contributed by atoms with Gasteiger partial charge in [-0.15, -0.1) is 0 Å². The molecule has 0 saturated carbocycles. The Morgan fingerprint density at radius 1 is 1.44 bits per heavy atom. The number of likely N-dealkylation sites (tertiary alicyclic amines) is 1. The van der Waals surface area contributed by atoms with Crippen LogP contribution >= 0.6 is 0 Å². The SMILES string of the molecule is Cc1nc([C@H]2CCCCN2C(=O)Cc2cccc(OC(F)F)c2)n[nH]1. The third-order valence-electron chi connectivity index (χ3n) is 4.21. The standard InChI is InChI=1S/C17H20F2N4O2/c1-11-20-16(22-21-11)14-7-2-3-8-23(14)15(24)10-12-5-4-6-13(9-12)25-17(18)19/h4-6,9,14,17H,2-3,7-8,10H2,1H3,(H,20,21,22)/t14-/m1/s1. The summed E-state index contributed by atoms with van der Waals surface area (Å²) < 4.78 is 29.1. The molecule has 1 atom stereocenters. The number of carbonyl (C=O) groups is 1. The molecule has 1 aromatic heterocycles. The van der Waals surface area contributed by atoms with E-state index in [1.165, 1.54) is 12.1 Å². The first-order valence-electron chi connectivity index (χ1n) is 8.25. The van der Waals surface area contributed by atoms with Crippen molar-refractivity contribution in [1.29, 1.82) is 0 Å². The maximum Gasteiger partial charge on any atom is 0.387 e. The molecule has 8 heteroatoms. The molecule has 6 nitrogen and oxygen atoms in total. The van der Waals surface area contributed by atoms with Crippen LogP contribution < -0.4 is 4.74 Å². The number of nitrogens with zero attached hydrogens (tertiary/aromatic N) is 3. The third-order valence-corrected chi connectivity index (χ3v) is 4.21. The van der Waals surface area contributed by atoms with Crippen molar-refractivity contribution < 1.29 is 18.3 Å². The Morgan fingerprint density at radius 3 is 3.00 bits per heavy atom. The summed E-state index contributed by atoms with van der Waals surface area (Å²) in [5.41, 5.74) is 0.638. The Hall–Kier alpha value is -2.51. The van der Waals surface area contributed by atoms with Crippen molar-refractivity contribution in [2.24, 2.45) is 0 Å². The van der Waals surface area contributed by atoms with Gasteiger partial charge in [0, 0.05) is 6.54 Å². The Morgan fingerprint density at radius 2 is 2.28 bits per heavy atom. The highest BCUT2D eigenvalue weighted by Crippen LogP contribution is 2.29. The number of piperidine rings is 1. The van der Waals surface area contributed by atoms with Crippen LogP contribution in [0.25, 0.3) is 0 Å². The number of amides is 1. The summed E-state index contributed by atoms with van der Waals surface area (Å²) in [5, 5.41) is 7.01. The number of nitrogens with one attached hydrogen (secondary N) is 1. The number of hydrogen-bond donors (Lipinski definition) is 1. The number of halogens is 2. The highest BCUT2D eigenvalue weighted by molar-refractivity contribution is 5.79. The molecule has 0 radical (unpaired) electrons. The molecular formula is C17H20F2N4O2. The fourth-order valence-corrected chi connectivity index (χ4v) is 3.12. The minimum atomic E-state index is -2.88. The molecule has 1 aliphatic rings. The van der Waals surface area contributed by atoms with Gasteiger partial charge >= 0.3 is 6.61 Å².